The standard InChI is InChI=1S/C25H19N3O7S/c1-4-34-25(30)24-14(2)19(13-27)23(36-24)11-21(29)15(12-26)9-17-6-8-22(35-17)18-7-5-16(33-3)10-20(18)28(31)32/h5-10H,4,11H2,1-3H3/b15-9+. The second kappa shape index (κ2) is 11.1. The van der Waals surface area contributed by atoms with Crippen molar-refractivity contribution < 1.29 is 28.4 Å². The summed E-state index contributed by atoms with van der Waals surface area (Å²) in [5.74, 6) is -0.558. The van der Waals surface area contributed by atoms with Gasteiger partial charge in [-0.3, -0.25) is 14.9 Å². The number of furan rings is 1. The number of thiophene rings is 1. The molecule has 0 bridgehead atoms. The van der Waals surface area contributed by atoms with Crippen LogP contribution < -0.4 is 4.74 Å². The van der Waals surface area contributed by atoms with Gasteiger partial charge in [-0.1, -0.05) is 0 Å². The lowest BCUT2D eigenvalue weighted by Gasteiger charge is -2.03. The second-order valence-electron chi connectivity index (χ2n) is 7.30. The summed E-state index contributed by atoms with van der Waals surface area (Å²) in [5, 5.41) is 30.5. The third kappa shape index (κ3) is 5.32. The number of hydrogen-bond donors (Lipinski definition) is 0. The monoisotopic (exact) mass is 505 g/mol. The zero-order chi connectivity index (χ0) is 26.4. The quantitative estimate of drug-likeness (QED) is 0.128. The number of nitriles is 2. The smallest absolute Gasteiger partial charge is 0.348 e. The number of rotatable bonds is 9. The van der Waals surface area contributed by atoms with Gasteiger partial charge in [-0.25, -0.2) is 4.79 Å². The summed E-state index contributed by atoms with van der Waals surface area (Å²) in [6, 6.07) is 11.1. The summed E-state index contributed by atoms with van der Waals surface area (Å²) in [6.07, 6.45) is 0.949. The fourth-order valence-electron chi connectivity index (χ4n) is 3.37. The number of Topliss-reactive ketones (excluding diaryl/α,β-unsaturated/α-hetero) is 1. The highest BCUT2D eigenvalue weighted by atomic mass is 32.1. The maximum atomic E-state index is 12.9. The molecule has 11 heteroatoms. The predicted octanol–water partition coefficient (Wildman–Crippen LogP) is 5.00. The number of nitrogens with zero attached hydrogens (tertiary/aromatic N) is 3. The molecule has 0 aliphatic carbocycles. The first kappa shape index (κ1) is 25.9. The molecule has 0 radical (unpaired) electrons. The lowest BCUT2D eigenvalue weighted by Crippen LogP contribution is -2.05. The van der Waals surface area contributed by atoms with Gasteiger partial charge in [0.25, 0.3) is 5.69 Å². The number of ketones is 1. The van der Waals surface area contributed by atoms with Gasteiger partial charge in [-0.05, 0) is 43.7 Å². The molecule has 0 spiro atoms. The Kier molecular flexibility index (Phi) is 8.00. The Hall–Kier alpha value is -4.74. The van der Waals surface area contributed by atoms with Crippen LogP contribution in [0.4, 0.5) is 5.69 Å². The van der Waals surface area contributed by atoms with Crippen molar-refractivity contribution >= 4 is 34.9 Å². The van der Waals surface area contributed by atoms with E-state index in [1.165, 1.54) is 37.5 Å². The van der Waals surface area contributed by atoms with E-state index in [0.717, 1.165) is 11.3 Å². The van der Waals surface area contributed by atoms with Gasteiger partial charge in [-0.2, -0.15) is 10.5 Å². The zero-order valence-corrected chi connectivity index (χ0v) is 20.3. The highest BCUT2D eigenvalue weighted by Crippen LogP contribution is 2.35. The summed E-state index contributed by atoms with van der Waals surface area (Å²) in [6.45, 7) is 3.42. The van der Waals surface area contributed by atoms with Crippen LogP contribution >= 0.6 is 11.3 Å². The molecule has 2 heterocycles. The average molecular weight is 506 g/mol. The van der Waals surface area contributed by atoms with Gasteiger partial charge in [0, 0.05) is 17.4 Å². The van der Waals surface area contributed by atoms with Gasteiger partial charge in [-0.15, -0.1) is 11.3 Å². The minimum atomic E-state index is -0.584. The number of carbonyl (C=O) groups is 2. The van der Waals surface area contributed by atoms with Crippen molar-refractivity contribution in [1.82, 2.24) is 0 Å². The average Bonchev–Trinajstić information content (AvgIpc) is 3.45. The molecule has 0 unspecified atom stereocenters. The van der Waals surface area contributed by atoms with Crippen LogP contribution in [-0.4, -0.2) is 30.4 Å². The van der Waals surface area contributed by atoms with Crippen LogP contribution in [-0.2, 0) is 16.0 Å². The summed E-state index contributed by atoms with van der Waals surface area (Å²) in [7, 11) is 1.39. The number of hydrogen-bond acceptors (Lipinski definition) is 10. The molecular weight excluding hydrogens is 486 g/mol. The Bertz CT molecular complexity index is 1470. The number of ether oxygens (including phenoxy) is 2. The van der Waals surface area contributed by atoms with E-state index in [0.29, 0.717) is 16.2 Å². The van der Waals surface area contributed by atoms with Gasteiger partial charge < -0.3 is 13.9 Å². The molecule has 0 aliphatic heterocycles. The number of esters is 1. The molecule has 0 amide bonds. The highest BCUT2D eigenvalue weighted by molar-refractivity contribution is 7.14. The molecule has 0 saturated heterocycles. The largest absolute Gasteiger partial charge is 0.497 e. The van der Waals surface area contributed by atoms with E-state index in [4.69, 9.17) is 13.9 Å². The van der Waals surface area contributed by atoms with Crippen LogP contribution in [0.5, 0.6) is 5.75 Å². The molecule has 0 aliphatic rings. The maximum absolute atomic E-state index is 12.9. The van der Waals surface area contributed by atoms with E-state index >= 15 is 0 Å². The number of nitro groups is 1. The van der Waals surface area contributed by atoms with Crippen molar-refractivity contribution in [2.45, 2.75) is 20.3 Å². The molecule has 1 aromatic carbocycles. The normalized spacial score (nSPS) is 10.9. The van der Waals surface area contributed by atoms with Crippen LogP contribution in [0.25, 0.3) is 17.4 Å². The number of nitro benzene ring substituents is 1. The van der Waals surface area contributed by atoms with Crippen molar-refractivity contribution in [3.63, 3.8) is 0 Å². The Labute approximate surface area is 209 Å². The summed E-state index contributed by atoms with van der Waals surface area (Å²) in [4.78, 5) is 36.5. The topological polar surface area (TPSA) is 156 Å². The molecular formula is C25H19N3O7S. The van der Waals surface area contributed by atoms with Gasteiger partial charge in [0.15, 0.2) is 5.78 Å². The fraction of sp³-hybridized carbons (Fsp3) is 0.200. The Morgan fingerprint density at radius 3 is 2.61 bits per heavy atom. The Morgan fingerprint density at radius 2 is 2.00 bits per heavy atom. The van der Waals surface area contributed by atoms with Gasteiger partial charge in [0.05, 0.1) is 41.4 Å². The van der Waals surface area contributed by atoms with Crippen molar-refractivity contribution in [3.05, 3.63) is 72.7 Å². The van der Waals surface area contributed by atoms with Crippen molar-refractivity contribution in [2.75, 3.05) is 13.7 Å². The lowest BCUT2D eigenvalue weighted by molar-refractivity contribution is -0.384. The van der Waals surface area contributed by atoms with Gasteiger partial charge >= 0.3 is 5.97 Å². The van der Waals surface area contributed by atoms with Crippen LogP contribution in [0.3, 0.4) is 0 Å². The predicted molar refractivity (Wildman–Crippen MR) is 129 cm³/mol. The molecule has 10 nitrogen and oxygen atoms in total. The third-order valence-corrected chi connectivity index (χ3v) is 6.39. The fourth-order valence-corrected chi connectivity index (χ4v) is 4.51. The van der Waals surface area contributed by atoms with Crippen molar-refractivity contribution in [2.24, 2.45) is 0 Å². The highest BCUT2D eigenvalue weighted by Gasteiger charge is 2.24. The van der Waals surface area contributed by atoms with E-state index in [-0.39, 0.29) is 51.8 Å². The molecule has 36 heavy (non-hydrogen) atoms. The minimum absolute atomic E-state index is 0.134. The SMILES string of the molecule is CCOC(=O)c1sc(CC(=O)/C(C#N)=C/c2ccc(-c3ccc(OC)cc3[N+](=O)[O-])o2)c(C#N)c1C. The van der Waals surface area contributed by atoms with Crippen molar-refractivity contribution in [3.8, 4) is 29.2 Å². The van der Waals surface area contributed by atoms with Crippen LogP contribution in [0.15, 0.2) is 40.3 Å². The van der Waals surface area contributed by atoms with E-state index < -0.39 is 16.7 Å². The number of methoxy groups -OCH3 is 1. The molecule has 2 aromatic heterocycles. The molecule has 0 N–H and O–H groups in total. The second-order valence-corrected chi connectivity index (χ2v) is 8.40. The summed E-state index contributed by atoms with van der Waals surface area (Å²) in [5.41, 5.74) is 0.339. The maximum Gasteiger partial charge on any atom is 0.348 e. The first-order valence-electron chi connectivity index (χ1n) is 10.5. The van der Waals surface area contributed by atoms with Gasteiger partial charge in [0.1, 0.15) is 34.3 Å². The van der Waals surface area contributed by atoms with Crippen LogP contribution in [0.1, 0.15) is 38.4 Å². The molecule has 0 fully saturated rings. The van der Waals surface area contributed by atoms with Crippen LogP contribution in [0.2, 0.25) is 0 Å². The number of carbonyl (C=O) groups excluding carboxylic acids is 2. The van der Waals surface area contributed by atoms with E-state index in [1.807, 2.05) is 12.1 Å². The molecule has 0 saturated carbocycles. The van der Waals surface area contributed by atoms with Crippen molar-refractivity contribution in [1.29, 1.82) is 10.5 Å². The van der Waals surface area contributed by atoms with Crippen LogP contribution in [0, 0.1) is 39.7 Å². The Balaban J connectivity index is 1.90. The van der Waals surface area contributed by atoms with Gasteiger partial charge in [0.2, 0.25) is 0 Å². The number of allylic oxidation sites excluding steroid dienone is 1. The summed E-state index contributed by atoms with van der Waals surface area (Å²) < 4.78 is 15.7. The molecule has 3 rings (SSSR count). The first-order chi connectivity index (χ1) is 17.2. The number of benzene rings is 1. The zero-order valence-electron chi connectivity index (χ0n) is 19.5. The summed E-state index contributed by atoms with van der Waals surface area (Å²) >= 11 is 0.978. The molecule has 3 aromatic rings. The molecule has 0 atom stereocenters. The van der Waals surface area contributed by atoms with E-state index in [9.17, 15) is 30.2 Å². The van der Waals surface area contributed by atoms with E-state index in [1.54, 1.807) is 19.9 Å². The molecule has 182 valence electrons. The van der Waals surface area contributed by atoms with E-state index in [2.05, 4.69) is 0 Å². The lowest BCUT2D eigenvalue weighted by atomic mass is 10.0. The third-order valence-electron chi connectivity index (χ3n) is 5.11. The first-order valence-corrected chi connectivity index (χ1v) is 11.3. The minimum Gasteiger partial charge on any atom is -0.497 e. The Morgan fingerprint density at radius 1 is 1.25 bits per heavy atom.